The molecule has 0 aliphatic rings. The first-order valence-electron chi connectivity index (χ1n) is 13.5. The fraction of sp³-hybridized carbons (Fsp3) is 0.846. The number of nitrogens with one attached hydrogen (secondary N) is 2. The summed E-state index contributed by atoms with van der Waals surface area (Å²) in [5, 5.41) is 5.19. The molecule has 0 aromatic heterocycles. The summed E-state index contributed by atoms with van der Waals surface area (Å²) in [6, 6.07) is -0.292. The Bertz CT molecular complexity index is 767. The number of carbonyl (C=O) groups is 4. The van der Waals surface area contributed by atoms with Crippen LogP contribution in [0.25, 0.3) is 0 Å². The number of alkyl carbamates (subject to hydrolysis) is 2. The van der Waals surface area contributed by atoms with Gasteiger partial charge in [-0.05, 0) is 53.6 Å². The van der Waals surface area contributed by atoms with Gasteiger partial charge in [-0.15, -0.1) is 0 Å². The smallest absolute Gasteiger partial charge is 0.408 e. The average molecular weight is 641 g/mol. The Kier molecular flexibility index (Phi) is 16.3. The summed E-state index contributed by atoms with van der Waals surface area (Å²) < 4.78 is 21.5. The minimum absolute atomic E-state index is 0.166. The minimum Gasteiger partial charge on any atom is -0.464 e. The molecule has 234 valence electrons. The second-order valence-corrected chi connectivity index (χ2v) is 27.7. The highest BCUT2D eigenvalue weighted by Gasteiger charge is 2.29. The molecule has 40 heavy (non-hydrogen) atoms. The molecule has 0 radical (unpaired) electrons. The number of ether oxygens (including phenoxy) is 4. The SMILES string of the molecule is CC(C)(C)OC(=O)N[C@@H](CSSC[C@H](NC(=O)OC(C)(C)C)C(=O)OCC[Si](C)(C)C)C(=O)OCC[Si](C)(C)C. The summed E-state index contributed by atoms with van der Waals surface area (Å²) in [5.41, 5.74) is -1.46. The van der Waals surface area contributed by atoms with Gasteiger partial charge in [0.05, 0.1) is 13.2 Å². The van der Waals surface area contributed by atoms with E-state index in [4.69, 9.17) is 18.9 Å². The summed E-state index contributed by atoms with van der Waals surface area (Å²) in [6.45, 7) is 24.1. The van der Waals surface area contributed by atoms with Crippen LogP contribution in [0.15, 0.2) is 0 Å². The van der Waals surface area contributed by atoms with Gasteiger partial charge in [-0.2, -0.15) is 0 Å². The Labute approximate surface area is 250 Å². The van der Waals surface area contributed by atoms with E-state index in [1.54, 1.807) is 41.5 Å². The quantitative estimate of drug-likeness (QED) is 0.0732. The Balaban J connectivity index is 5.27. The lowest BCUT2D eigenvalue weighted by molar-refractivity contribution is -0.145. The van der Waals surface area contributed by atoms with E-state index in [0.29, 0.717) is 0 Å². The lowest BCUT2D eigenvalue weighted by atomic mass is 10.2. The summed E-state index contributed by atoms with van der Waals surface area (Å²) >= 11 is 0. The molecule has 0 aliphatic carbocycles. The van der Waals surface area contributed by atoms with E-state index in [1.807, 2.05) is 0 Å². The van der Waals surface area contributed by atoms with Gasteiger partial charge in [-0.1, -0.05) is 60.9 Å². The first-order chi connectivity index (χ1) is 18.0. The van der Waals surface area contributed by atoms with Crippen molar-refractivity contribution in [3.05, 3.63) is 0 Å². The maximum absolute atomic E-state index is 12.8. The van der Waals surface area contributed by atoms with Crippen molar-refractivity contribution in [1.82, 2.24) is 10.6 Å². The second kappa shape index (κ2) is 16.9. The van der Waals surface area contributed by atoms with E-state index in [-0.39, 0.29) is 24.7 Å². The van der Waals surface area contributed by atoms with Gasteiger partial charge in [0.15, 0.2) is 0 Å². The predicted molar refractivity (Wildman–Crippen MR) is 169 cm³/mol. The van der Waals surface area contributed by atoms with Crippen molar-refractivity contribution in [2.24, 2.45) is 0 Å². The maximum Gasteiger partial charge on any atom is 0.408 e. The van der Waals surface area contributed by atoms with E-state index in [0.717, 1.165) is 12.1 Å². The van der Waals surface area contributed by atoms with Crippen LogP contribution in [0.4, 0.5) is 9.59 Å². The van der Waals surface area contributed by atoms with Crippen LogP contribution >= 0.6 is 21.6 Å². The van der Waals surface area contributed by atoms with Gasteiger partial charge in [0.1, 0.15) is 23.3 Å². The average Bonchev–Trinajstić information content (AvgIpc) is 2.70. The molecule has 14 heteroatoms. The molecule has 0 aromatic carbocycles. The monoisotopic (exact) mass is 640 g/mol. The Morgan fingerprint density at radius 1 is 0.625 bits per heavy atom. The molecular formula is C26H52N2O8S2Si2. The highest BCUT2D eigenvalue weighted by Crippen LogP contribution is 2.24. The van der Waals surface area contributed by atoms with Crippen LogP contribution in [0.5, 0.6) is 0 Å². The number of rotatable bonds is 15. The molecule has 0 unspecified atom stereocenters. The van der Waals surface area contributed by atoms with Crippen LogP contribution in [-0.4, -0.2) is 88.3 Å². The third-order valence-electron chi connectivity index (χ3n) is 4.70. The summed E-state index contributed by atoms with van der Waals surface area (Å²) in [7, 11) is -0.295. The normalized spacial score (nSPS) is 14.0. The van der Waals surface area contributed by atoms with Crippen molar-refractivity contribution in [2.75, 3.05) is 24.7 Å². The number of hydrogen-bond acceptors (Lipinski definition) is 10. The third kappa shape index (κ3) is 22.3. The van der Waals surface area contributed by atoms with Gasteiger partial charge in [0, 0.05) is 27.7 Å². The largest absolute Gasteiger partial charge is 0.464 e. The summed E-state index contributed by atoms with van der Waals surface area (Å²) in [6.07, 6.45) is -1.44. The zero-order chi connectivity index (χ0) is 31.4. The number of amides is 2. The summed E-state index contributed by atoms with van der Waals surface area (Å²) in [4.78, 5) is 50.3. The Morgan fingerprint density at radius 3 is 1.18 bits per heavy atom. The van der Waals surface area contributed by atoms with E-state index in [2.05, 4.69) is 49.9 Å². The standard InChI is InChI=1S/C26H52N2O8S2Si2/c1-25(2,3)35-23(31)27-19(21(29)33-13-15-39(7,8)9)17-37-38-18-20(28-24(32)36-26(4,5)6)22(30)34-14-16-40(10,11)12/h19-20H,13-18H2,1-12H3,(H,27,31)(H,28,32)/t19-,20-/m0/s1. The zero-order valence-corrected chi connectivity index (χ0v) is 30.1. The number of esters is 2. The Morgan fingerprint density at radius 2 is 0.925 bits per heavy atom. The van der Waals surface area contributed by atoms with Gasteiger partial charge in [0.25, 0.3) is 0 Å². The van der Waals surface area contributed by atoms with E-state index < -0.39 is 63.6 Å². The van der Waals surface area contributed by atoms with Crippen LogP contribution in [0.3, 0.4) is 0 Å². The van der Waals surface area contributed by atoms with Crippen molar-refractivity contribution in [3.63, 3.8) is 0 Å². The lowest BCUT2D eigenvalue weighted by Crippen LogP contribution is -2.46. The van der Waals surface area contributed by atoms with E-state index in [9.17, 15) is 19.2 Å². The second-order valence-electron chi connectivity index (χ2n) is 13.9. The lowest BCUT2D eigenvalue weighted by Gasteiger charge is -2.24. The molecule has 0 fully saturated rings. The number of carbonyl (C=O) groups excluding carboxylic acids is 4. The van der Waals surface area contributed by atoms with Gasteiger partial charge in [-0.3, -0.25) is 0 Å². The van der Waals surface area contributed by atoms with Crippen molar-refractivity contribution in [3.8, 4) is 0 Å². The van der Waals surface area contributed by atoms with Gasteiger partial charge < -0.3 is 29.6 Å². The van der Waals surface area contributed by atoms with Gasteiger partial charge in [0.2, 0.25) is 0 Å². The fourth-order valence-corrected chi connectivity index (χ4v) is 6.31. The summed E-state index contributed by atoms with van der Waals surface area (Å²) in [5.74, 6) is -0.767. The molecule has 0 aromatic rings. The maximum atomic E-state index is 12.8. The van der Waals surface area contributed by atoms with Crippen LogP contribution in [-0.2, 0) is 28.5 Å². The minimum atomic E-state index is -1.41. The molecule has 0 bridgehead atoms. The van der Waals surface area contributed by atoms with E-state index in [1.165, 1.54) is 21.6 Å². The van der Waals surface area contributed by atoms with Crippen molar-refractivity contribution < 1.29 is 38.1 Å². The third-order valence-corrected chi connectivity index (χ3v) is 10.5. The fourth-order valence-electron chi connectivity index (χ4n) is 2.59. The molecule has 0 spiro atoms. The topological polar surface area (TPSA) is 129 Å². The van der Waals surface area contributed by atoms with Crippen LogP contribution < -0.4 is 10.6 Å². The molecule has 10 nitrogen and oxygen atoms in total. The molecule has 0 aliphatic heterocycles. The van der Waals surface area contributed by atoms with Crippen molar-refractivity contribution >= 4 is 61.9 Å². The molecule has 0 heterocycles. The zero-order valence-electron chi connectivity index (χ0n) is 26.5. The Hall–Kier alpha value is -1.39. The number of hydrogen-bond donors (Lipinski definition) is 2. The molecule has 0 rings (SSSR count). The molecule has 2 N–H and O–H groups in total. The van der Waals surface area contributed by atoms with Crippen LogP contribution in [0.1, 0.15) is 41.5 Å². The highest BCUT2D eigenvalue weighted by molar-refractivity contribution is 8.76. The first-order valence-corrected chi connectivity index (χ1v) is 23.4. The molecule has 2 amide bonds. The molecular weight excluding hydrogens is 589 g/mol. The first kappa shape index (κ1) is 38.6. The molecule has 0 saturated carbocycles. The van der Waals surface area contributed by atoms with Crippen LogP contribution in [0.2, 0.25) is 51.4 Å². The van der Waals surface area contributed by atoms with Crippen LogP contribution in [0, 0.1) is 0 Å². The molecule has 2 atom stereocenters. The van der Waals surface area contributed by atoms with Crippen molar-refractivity contribution in [2.45, 2.75) is 116 Å². The van der Waals surface area contributed by atoms with Gasteiger partial charge >= 0.3 is 24.1 Å². The molecule has 0 saturated heterocycles. The highest BCUT2D eigenvalue weighted by atomic mass is 33.1. The van der Waals surface area contributed by atoms with Gasteiger partial charge in [-0.25, -0.2) is 19.2 Å². The predicted octanol–water partition coefficient (Wildman–Crippen LogP) is 5.92. The van der Waals surface area contributed by atoms with E-state index >= 15 is 0 Å². The van der Waals surface area contributed by atoms with Crippen molar-refractivity contribution in [1.29, 1.82) is 0 Å².